The molecule has 1 saturated carbocycles. The molecular weight excluding hydrogens is 268 g/mol. The highest BCUT2D eigenvalue weighted by molar-refractivity contribution is 5.84. The minimum Gasteiger partial charge on any atom is -0.480 e. The lowest BCUT2D eigenvalue weighted by molar-refractivity contribution is -0.142. The van der Waals surface area contributed by atoms with Gasteiger partial charge in [-0.15, -0.1) is 0 Å². The van der Waals surface area contributed by atoms with Crippen LogP contribution in [-0.2, 0) is 4.79 Å². The predicted molar refractivity (Wildman–Crippen MR) is 78.9 cm³/mol. The average Bonchev–Trinajstić information content (AvgIpc) is 3.11. The zero-order chi connectivity index (χ0) is 15.0. The Hall–Kier alpha value is -1.26. The first-order chi connectivity index (χ1) is 10.1. The number of carboxylic acid groups (broad SMARTS) is 1. The molecule has 2 aliphatic heterocycles. The zero-order valence-electron chi connectivity index (χ0n) is 12.8. The van der Waals surface area contributed by atoms with Crippen molar-refractivity contribution in [3.8, 4) is 0 Å². The van der Waals surface area contributed by atoms with Gasteiger partial charge in [-0.2, -0.15) is 0 Å². The Morgan fingerprint density at radius 2 is 2.00 bits per heavy atom. The lowest BCUT2D eigenvalue weighted by Gasteiger charge is -2.29. The van der Waals surface area contributed by atoms with Gasteiger partial charge in [0.1, 0.15) is 6.04 Å². The molecule has 5 nitrogen and oxygen atoms in total. The molecule has 21 heavy (non-hydrogen) atoms. The maximum atomic E-state index is 12.7. The molecule has 3 fully saturated rings. The SMILES string of the molecule is CCCC1CCN(C(=O)N2CC3CCCC3C2C(=O)O)C1. The topological polar surface area (TPSA) is 60.9 Å². The fraction of sp³-hybridized carbons (Fsp3) is 0.875. The van der Waals surface area contributed by atoms with Gasteiger partial charge in [0.15, 0.2) is 0 Å². The van der Waals surface area contributed by atoms with Gasteiger partial charge < -0.3 is 14.9 Å². The van der Waals surface area contributed by atoms with Crippen molar-refractivity contribution in [2.45, 2.75) is 51.5 Å². The molecule has 0 spiro atoms. The van der Waals surface area contributed by atoms with Crippen molar-refractivity contribution in [3.05, 3.63) is 0 Å². The number of aliphatic carboxylic acids is 1. The molecule has 0 bridgehead atoms. The van der Waals surface area contributed by atoms with E-state index in [-0.39, 0.29) is 11.9 Å². The molecule has 0 aromatic rings. The van der Waals surface area contributed by atoms with E-state index in [1.807, 2.05) is 4.90 Å². The van der Waals surface area contributed by atoms with Crippen LogP contribution in [0.2, 0.25) is 0 Å². The Morgan fingerprint density at radius 3 is 2.71 bits per heavy atom. The fourth-order valence-electron chi connectivity index (χ4n) is 4.65. The van der Waals surface area contributed by atoms with Crippen LogP contribution in [0.15, 0.2) is 0 Å². The molecule has 4 unspecified atom stereocenters. The molecule has 1 aliphatic carbocycles. The Kier molecular flexibility index (Phi) is 4.09. The van der Waals surface area contributed by atoms with Gasteiger partial charge in [0.25, 0.3) is 0 Å². The number of fused-ring (bicyclic) bond motifs is 1. The summed E-state index contributed by atoms with van der Waals surface area (Å²) in [5.41, 5.74) is 0. The number of carbonyl (C=O) groups is 2. The van der Waals surface area contributed by atoms with Crippen molar-refractivity contribution in [2.75, 3.05) is 19.6 Å². The number of carbonyl (C=O) groups excluding carboxylic acids is 1. The Bertz CT molecular complexity index is 426. The van der Waals surface area contributed by atoms with Crippen molar-refractivity contribution in [3.63, 3.8) is 0 Å². The van der Waals surface area contributed by atoms with Gasteiger partial charge in [-0.25, -0.2) is 9.59 Å². The largest absolute Gasteiger partial charge is 0.480 e. The van der Waals surface area contributed by atoms with Crippen LogP contribution in [0.25, 0.3) is 0 Å². The summed E-state index contributed by atoms with van der Waals surface area (Å²) in [5, 5.41) is 9.55. The van der Waals surface area contributed by atoms with Crippen LogP contribution in [0.4, 0.5) is 4.79 Å². The number of rotatable bonds is 3. The van der Waals surface area contributed by atoms with Crippen LogP contribution in [0.3, 0.4) is 0 Å². The predicted octanol–water partition coefficient (Wildman–Crippen LogP) is 2.41. The van der Waals surface area contributed by atoms with Gasteiger partial charge in [0.05, 0.1) is 0 Å². The van der Waals surface area contributed by atoms with E-state index in [1.165, 1.54) is 0 Å². The number of hydrogen-bond donors (Lipinski definition) is 1. The normalized spacial score (nSPS) is 35.3. The lowest BCUT2D eigenvalue weighted by atomic mass is 9.94. The minimum absolute atomic E-state index is 0.0320. The molecule has 5 heteroatoms. The van der Waals surface area contributed by atoms with E-state index in [0.29, 0.717) is 18.4 Å². The number of amides is 2. The average molecular weight is 294 g/mol. The first-order valence-electron chi connectivity index (χ1n) is 8.40. The second-order valence-corrected chi connectivity index (χ2v) is 6.96. The summed E-state index contributed by atoms with van der Waals surface area (Å²) in [6.07, 6.45) is 6.54. The van der Waals surface area contributed by atoms with Crippen molar-refractivity contribution in [1.29, 1.82) is 0 Å². The molecule has 0 aromatic heterocycles. The highest BCUT2D eigenvalue weighted by Crippen LogP contribution is 2.42. The van der Waals surface area contributed by atoms with Gasteiger partial charge in [-0.05, 0) is 43.4 Å². The minimum atomic E-state index is -0.818. The molecular formula is C16H26N2O3. The van der Waals surface area contributed by atoms with Gasteiger partial charge >= 0.3 is 12.0 Å². The molecule has 3 rings (SSSR count). The zero-order valence-corrected chi connectivity index (χ0v) is 12.8. The van der Waals surface area contributed by atoms with Crippen molar-refractivity contribution < 1.29 is 14.7 Å². The van der Waals surface area contributed by atoms with Gasteiger partial charge in [0.2, 0.25) is 0 Å². The molecule has 2 amide bonds. The second-order valence-electron chi connectivity index (χ2n) is 6.96. The van der Waals surface area contributed by atoms with E-state index in [1.54, 1.807) is 4.90 Å². The van der Waals surface area contributed by atoms with E-state index in [0.717, 1.165) is 51.6 Å². The maximum Gasteiger partial charge on any atom is 0.326 e. The quantitative estimate of drug-likeness (QED) is 0.869. The van der Waals surface area contributed by atoms with Crippen molar-refractivity contribution in [1.82, 2.24) is 9.80 Å². The van der Waals surface area contributed by atoms with Crippen molar-refractivity contribution >= 4 is 12.0 Å². The van der Waals surface area contributed by atoms with E-state index >= 15 is 0 Å². The summed E-state index contributed by atoms with van der Waals surface area (Å²) in [6.45, 7) is 4.43. The van der Waals surface area contributed by atoms with Crippen molar-refractivity contribution in [2.24, 2.45) is 17.8 Å². The molecule has 4 atom stereocenters. The monoisotopic (exact) mass is 294 g/mol. The summed E-state index contributed by atoms with van der Waals surface area (Å²) in [6, 6.07) is -0.620. The van der Waals surface area contributed by atoms with E-state index < -0.39 is 12.0 Å². The van der Waals surface area contributed by atoms with Crippen LogP contribution in [0.1, 0.15) is 45.4 Å². The van der Waals surface area contributed by atoms with Gasteiger partial charge in [0, 0.05) is 19.6 Å². The fourth-order valence-corrected chi connectivity index (χ4v) is 4.65. The van der Waals surface area contributed by atoms with Gasteiger partial charge in [-0.3, -0.25) is 0 Å². The summed E-state index contributed by atoms with van der Waals surface area (Å²) in [4.78, 5) is 27.9. The Morgan fingerprint density at radius 1 is 1.19 bits per heavy atom. The first-order valence-corrected chi connectivity index (χ1v) is 8.40. The van der Waals surface area contributed by atoms with Crippen LogP contribution in [0.5, 0.6) is 0 Å². The van der Waals surface area contributed by atoms with Crippen LogP contribution >= 0.6 is 0 Å². The standard InChI is InChI=1S/C16H26N2O3/c1-2-4-11-7-8-17(9-11)16(21)18-10-12-5-3-6-13(12)14(18)15(19)20/h11-14H,2-10H2,1H3,(H,19,20). The van der Waals surface area contributed by atoms with E-state index in [4.69, 9.17) is 0 Å². The van der Waals surface area contributed by atoms with E-state index in [2.05, 4.69) is 6.92 Å². The van der Waals surface area contributed by atoms with Gasteiger partial charge in [-0.1, -0.05) is 19.8 Å². The molecule has 1 N–H and O–H groups in total. The summed E-state index contributed by atoms with van der Waals surface area (Å²) >= 11 is 0. The third kappa shape index (κ3) is 2.62. The molecule has 0 aromatic carbocycles. The number of hydrogen-bond acceptors (Lipinski definition) is 2. The third-order valence-electron chi connectivity index (χ3n) is 5.64. The molecule has 3 aliphatic rings. The van der Waals surface area contributed by atoms with Crippen LogP contribution in [-0.4, -0.2) is 52.6 Å². The number of urea groups is 1. The maximum absolute atomic E-state index is 12.7. The molecule has 118 valence electrons. The highest BCUT2D eigenvalue weighted by atomic mass is 16.4. The summed E-state index contributed by atoms with van der Waals surface area (Å²) in [5.74, 6) is 0.371. The third-order valence-corrected chi connectivity index (χ3v) is 5.64. The number of carboxylic acids is 1. The Labute approximate surface area is 126 Å². The number of nitrogens with zero attached hydrogens (tertiary/aromatic N) is 2. The lowest BCUT2D eigenvalue weighted by Crippen LogP contribution is -2.49. The van der Waals surface area contributed by atoms with Crippen LogP contribution < -0.4 is 0 Å². The number of likely N-dealkylation sites (tertiary alicyclic amines) is 2. The molecule has 2 heterocycles. The molecule has 0 radical (unpaired) electrons. The second kappa shape index (κ2) is 5.85. The summed E-state index contributed by atoms with van der Waals surface area (Å²) in [7, 11) is 0. The highest BCUT2D eigenvalue weighted by Gasteiger charge is 2.50. The first kappa shape index (κ1) is 14.7. The molecule has 2 saturated heterocycles. The van der Waals surface area contributed by atoms with E-state index in [9.17, 15) is 14.7 Å². The summed E-state index contributed by atoms with van der Waals surface area (Å²) < 4.78 is 0. The smallest absolute Gasteiger partial charge is 0.326 e. The van der Waals surface area contributed by atoms with Crippen LogP contribution in [0, 0.1) is 17.8 Å². The Balaban J connectivity index is 1.68.